The summed E-state index contributed by atoms with van der Waals surface area (Å²) >= 11 is 0. The zero-order valence-electron chi connectivity index (χ0n) is 16.3. The van der Waals surface area contributed by atoms with Gasteiger partial charge < -0.3 is 9.47 Å². The summed E-state index contributed by atoms with van der Waals surface area (Å²) in [7, 11) is 2.25. The maximum absolute atomic E-state index is 2.55. The molecule has 0 aliphatic carbocycles. The lowest BCUT2D eigenvalue weighted by atomic mass is 9.88. The average Bonchev–Trinajstić information content (AvgIpc) is 2.90. The normalized spacial score (nSPS) is 16.7. The number of benzene rings is 2. The first-order valence-electron chi connectivity index (χ1n) is 9.39. The van der Waals surface area contributed by atoms with Gasteiger partial charge in [-0.3, -0.25) is 0 Å². The predicted octanol–water partition coefficient (Wildman–Crippen LogP) is 5.81. The fourth-order valence-electron chi connectivity index (χ4n) is 4.85. The smallest absolute Gasteiger partial charge is 0.0732 e. The second kappa shape index (κ2) is 5.66. The lowest BCUT2D eigenvalue weighted by molar-refractivity contribution is 0.536. The second-order valence-corrected chi connectivity index (χ2v) is 7.69. The summed E-state index contributed by atoms with van der Waals surface area (Å²) in [6, 6.07) is 11.9. The van der Waals surface area contributed by atoms with Crippen molar-refractivity contribution in [3.8, 4) is 11.1 Å². The lowest BCUT2D eigenvalue weighted by Gasteiger charge is -2.35. The van der Waals surface area contributed by atoms with Crippen LogP contribution in [0.2, 0.25) is 0 Å². The number of rotatable bonds is 2. The standard InChI is InChI=1S/C23H28N2/c1-7-19-17(5)22-23-20(21(19)18-10-8-14(2)9-11-18)12-15(3)25(23)16(4)13-24(22)6/h8-12,16H,7,13H2,1-6H3. The number of aromatic nitrogens is 1. The molecule has 1 aromatic heterocycles. The molecule has 0 amide bonds. The van der Waals surface area contributed by atoms with Gasteiger partial charge in [0.1, 0.15) is 0 Å². The van der Waals surface area contributed by atoms with E-state index in [1.807, 2.05) is 0 Å². The largest absolute Gasteiger partial charge is 0.371 e. The third-order valence-corrected chi connectivity index (χ3v) is 5.89. The molecule has 1 atom stereocenters. The van der Waals surface area contributed by atoms with Gasteiger partial charge in [-0.15, -0.1) is 0 Å². The monoisotopic (exact) mass is 332 g/mol. The van der Waals surface area contributed by atoms with Gasteiger partial charge >= 0.3 is 0 Å². The third kappa shape index (κ3) is 2.23. The molecule has 1 aliphatic rings. The molecule has 2 aromatic carbocycles. The van der Waals surface area contributed by atoms with Crippen LogP contribution < -0.4 is 4.90 Å². The van der Waals surface area contributed by atoms with Crippen molar-refractivity contribution in [1.82, 2.24) is 4.57 Å². The van der Waals surface area contributed by atoms with E-state index in [1.165, 1.54) is 50.1 Å². The van der Waals surface area contributed by atoms with E-state index in [-0.39, 0.29) is 0 Å². The molecule has 3 aromatic rings. The minimum absolute atomic E-state index is 0.507. The zero-order chi connectivity index (χ0) is 17.9. The van der Waals surface area contributed by atoms with Crippen LogP contribution in [0.5, 0.6) is 0 Å². The van der Waals surface area contributed by atoms with E-state index in [9.17, 15) is 0 Å². The molecule has 25 heavy (non-hydrogen) atoms. The molecule has 130 valence electrons. The quantitative estimate of drug-likeness (QED) is 0.575. The molecule has 0 fully saturated rings. The highest BCUT2D eigenvalue weighted by atomic mass is 15.2. The molecule has 0 bridgehead atoms. The van der Waals surface area contributed by atoms with Crippen molar-refractivity contribution < 1.29 is 0 Å². The number of anilines is 1. The molecule has 2 nitrogen and oxygen atoms in total. The van der Waals surface area contributed by atoms with Crippen molar-refractivity contribution >= 4 is 16.6 Å². The van der Waals surface area contributed by atoms with Gasteiger partial charge in [-0.2, -0.15) is 0 Å². The number of hydrogen-bond acceptors (Lipinski definition) is 1. The minimum Gasteiger partial charge on any atom is -0.371 e. The summed E-state index contributed by atoms with van der Waals surface area (Å²) in [5.41, 5.74) is 11.2. The molecule has 0 N–H and O–H groups in total. The SMILES string of the molecule is CCc1c(C)c2c3c(cc(C)n3C(C)CN2C)c1-c1ccc(C)cc1. The summed E-state index contributed by atoms with van der Waals surface area (Å²) < 4.78 is 2.55. The Labute approximate surface area is 151 Å². The van der Waals surface area contributed by atoms with Gasteiger partial charge in [0.15, 0.2) is 0 Å². The van der Waals surface area contributed by atoms with Crippen molar-refractivity contribution in [2.45, 2.75) is 47.1 Å². The minimum atomic E-state index is 0.507. The van der Waals surface area contributed by atoms with Crippen LogP contribution in [-0.4, -0.2) is 18.2 Å². The van der Waals surface area contributed by atoms with Crippen LogP contribution >= 0.6 is 0 Å². The van der Waals surface area contributed by atoms with Crippen LogP contribution in [0.15, 0.2) is 30.3 Å². The van der Waals surface area contributed by atoms with E-state index < -0.39 is 0 Å². The van der Waals surface area contributed by atoms with E-state index in [4.69, 9.17) is 0 Å². The van der Waals surface area contributed by atoms with Gasteiger partial charge in [0.05, 0.1) is 11.2 Å². The zero-order valence-corrected chi connectivity index (χ0v) is 16.3. The highest BCUT2D eigenvalue weighted by Gasteiger charge is 2.28. The molecule has 4 rings (SSSR count). The third-order valence-electron chi connectivity index (χ3n) is 5.89. The van der Waals surface area contributed by atoms with Gasteiger partial charge in [-0.25, -0.2) is 0 Å². The van der Waals surface area contributed by atoms with Gasteiger partial charge in [0.25, 0.3) is 0 Å². The molecule has 0 radical (unpaired) electrons. The summed E-state index contributed by atoms with van der Waals surface area (Å²) in [6.45, 7) is 12.4. The van der Waals surface area contributed by atoms with Crippen LogP contribution in [0.25, 0.3) is 22.0 Å². The Morgan fingerprint density at radius 1 is 1.08 bits per heavy atom. The van der Waals surface area contributed by atoms with Gasteiger partial charge in [-0.1, -0.05) is 36.8 Å². The van der Waals surface area contributed by atoms with Crippen molar-refractivity contribution in [1.29, 1.82) is 0 Å². The van der Waals surface area contributed by atoms with E-state index in [2.05, 4.69) is 81.5 Å². The van der Waals surface area contributed by atoms with E-state index in [1.54, 1.807) is 0 Å². The number of aryl methyl sites for hydroxylation is 2. The Bertz CT molecular complexity index is 960. The van der Waals surface area contributed by atoms with Crippen LogP contribution in [0.1, 0.15) is 42.3 Å². The Balaban J connectivity index is 2.17. The molecule has 0 saturated heterocycles. The van der Waals surface area contributed by atoms with Crippen LogP contribution in [0.3, 0.4) is 0 Å². The Hall–Kier alpha value is -2.22. The molecule has 0 saturated carbocycles. The number of likely N-dealkylation sites (N-methyl/N-ethyl adjacent to an activating group) is 1. The number of hydrogen-bond donors (Lipinski definition) is 0. The van der Waals surface area contributed by atoms with Gasteiger partial charge in [0.2, 0.25) is 0 Å². The summed E-state index contributed by atoms with van der Waals surface area (Å²) in [6.07, 6.45) is 1.06. The molecule has 2 heterocycles. The molecule has 1 aliphatic heterocycles. The number of nitrogens with zero attached hydrogens (tertiary/aromatic N) is 2. The van der Waals surface area contributed by atoms with E-state index >= 15 is 0 Å². The summed E-state index contributed by atoms with van der Waals surface area (Å²) in [4.78, 5) is 2.46. The highest BCUT2D eigenvalue weighted by molar-refractivity contribution is 6.06. The predicted molar refractivity (Wildman–Crippen MR) is 109 cm³/mol. The van der Waals surface area contributed by atoms with Crippen LogP contribution in [-0.2, 0) is 6.42 Å². The van der Waals surface area contributed by atoms with Crippen molar-refractivity contribution in [3.63, 3.8) is 0 Å². The maximum Gasteiger partial charge on any atom is 0.0732 e. The topological polar surface area (TPSA) is 8.17 Å². The second-order valence-electron chi connectivity index (χ2n) is 7.69. The molecule has 0 spiro atoms. The van der Waals surface area contributed by atoms with Gasteiger partial charge in [-0.05, 0) is 62.4 Å². The fraction of sp³-hybridized carbons (Fsp3) is 0.391. The molecular weight excluding hydrogens is 304 g/mol. The van der Waals surface area contributed by atoms with E-state index in [0.29, 0.717) is 6.04 Å². The van der Waals surface area contributed by atoms with Crippen molar-refractivity contribution in [3.05, 3.63) is 52.7 Å². The van der Waals surface area contributed by atoms with Gasteiger partial charge in [0, 0.05) is 30.7 Å². The first kappa shape index (κ1) is 16.3. The molecule has 2 heteroatoms. The summed E-state index contributed by atoms with van der Waals surface area (Å²) in [5.74, 6) is 0. The van der Waals surface area contributed by atoms with Crippen molar-refractivity contribution in [2.75, 3.05) is 18.5 Å². The van der Waals surface area contributed by atoms with Crippen molar-refractivity contribution in [2.24, 2.45) is 0 Å². The first-order valence-corrected chi connectivity index (χ1v) is 9.39. The Morgan fingerprint density at radius 3 is 2.40 bits per heavy atom. The van der Waals surface area contributed by atoms with E-state index in [0.717, 1.165) is 13.0 Å². The lowest BCUT2D eigenvalue weighted by Crippen LogP contribution is -2.32. The Kier molecular flexibility index (Phi) is 3.68. The Morgan fingerprint density at radius 2 is 1.76 bits per heavy atom. The van der Waals surface area contributed by atoms with Crippen LogP contribution in [0, 0.1) is 20.8 Å². The highest BCUT2D eigenvalue weighted by Crippen LogP contribution is 2.46. The van der Waals surface area contributed by atoms with Crippen LogP contribution in [0.4, 0.5) is 5.69 Å². The molecular formula is C23H28N2. The maximum atomic E-state index is 2.55. The average molecular weight is 332 g/mol. The fourth-order valence-corrected chi connectivity index (χ4v) is 4.85. The summed E-state index contributed by atoms with van der Waals surface area (Å²) in [5, 5.41) is 1.41. The first-order chi connectivity index (χ1) is 11.9. The molecule has 1 unspecified atom stereocenters.